The van der Waals surface area contributed by atoms with Gasteiger partial charge < -0.3 is 0 Å². The molecule has 0 nitrogen and oxygen atoms in total. The van der Waals surface area contributed by atoms with E-state index in [1.165, 1.54) is 44.5 Å². The van der Waals surface area contributed by atoms with E-state index in [2.05, 4.69) is 84.8 Å². The molecule has 0 fully saturated rings. The number of benzene rings is 3. The van der Waals surface area contributed by atoms with Crippen molar-refractivity contribution >= 4 is 5.57 Å². The molecule has 0 radical (unpaired) electrons. The van der Waals surface area contributed by atoms with Gasteiger partial charge in [-0.1, -0.05) is 72.7 Å². The SMILES string of the molecule is C#Cc1ccc2c(c1)C1(C3=CCCC=C32)c2ccccc2-c2ccccc21. The predicted octanol–water partition coefficient (Wildman–Crippen LogP) is 6.10. The zero-order valence-electron chi connectivity index (χ0n) is 15.0. The summed E-state index contributed by atoms with van der Waals surface area (Å²) in [5, 5.41) is 0. The molecule has 0 saturated carbocycles. The van der Waals surface area contributed by atoms with E-state index in [-0.39, 0.29) is 5.41 Å². The molecule has 0 N–H and O–H groups in total. The van der Waals surface area contributed by atoms with Gasteiger partial charge in [0.2, 0.25) is 0 Å². The highest BCUT2D eigenvalue weighted by atomic mass is 14.5. The van der Waals surface area contributed by atoms with Gasteiger partial charge in [-0.3, -0.25) is 0 Å². The van der Waals surface area contributed by atoms with Gasteiger partial charge in [0.15, 0.2) is 0 Å². The van der Waals surface area contributed by atoms with E-state index in [9.17, 15) is 0 Å². The van der Waals surface area contributed by atoms with Crippen LogP contribution in [0.4, 0.5) is 0 Å². The molecule has 0 amide bonds. The van der Waals surface area contributed by atoms with Crippen molar-refractivity contribution in [2.75, 3.05) is 0 Å². The Labute approximate surface area is 159 Å². The van der Waals surface area contributed by atoms with Crippen molar-refractivity contribution in [3.63, 3.8) is 0 Å². The van der Waals surface area contributed by atoms with Crippen molar-refractivity contribution in [1.82, 2.24) is 0 Å². The molecule has 3 aromatic rings. The van der Waals surface area contributed by atoms with Crippen LogP contribution in [0.3, 0.4) is 0 Å². The van der Waals surface area contributed by atoms with Crippen LogP contribution in [-0.2, 0) is 5.41 Å². The standard InChI is InChI=1S/C27H18/c1-2-18-15-16-22-21-11-5-8-14-25(21)27(26(22)17-18)23-12-6-3-9-19(23)20-10-4-7-13-24(20)27/h1,3-4,6-7,9-17H,5,8H2. The first-order valence-electron chi connectivity index (χ1n) is 9.58. The fourth-order valence-corrected chi connectivity index (χ4v) is 5.43. The Morgan fingerprint density at radius 1 is 0.704 bits per heavy atom. The molecule has 1 spiro atoms. The van der Waals surface area contributed by atoms with Crippen LogP contribution in [0, 0.1) is 12.3 Å². The maximum absolute atomic E-state index is 5.79. The average Bonchev–Trinajstić information content (AvgIpc) is 3.21. The highest BCUT2D eigenvalue weighted by molar-refractivity contribution is 6.00. The summed E-state index contributed by atoms with van der Waals surface area (Å²) >= 11 is 0. The lowest BCUT2D eigenvalue weighted by Crippen LogP contribution is -2.26. The van der Waals surface area contributed by atoms with Crippen LogP contribution < -0.4 is 0 Å². The number of allylic oxidation sites excluding steroid dienone is 4. The van der Waals surface area contributed by atoms with Crippen molar-refractivity contribution < 1.29 is 0 Å². The lowest BCUT2D eigenvalue weighted by molar-refractivity contribution is 0.782. The van der Waals surface area contributed by atoms with Crippen LogP contribution in [0.15, 0.2) is 84.5 Å². The summed E-state index contributed by atoms with van der Waals surface area (Å²) in [7, 11) is 0. The Balaban J connectivity index is 1.84. The van der Waals surface area contributed by atoms with E-state index < -0.39 is 0 Å². The summed E-state index contributed by atoms with van der Waals surface area (Å²) in [4.78, 5) is 0. The second-order valence-electron chi connectivity index (χ2n) is 7.56. The van der Waals surface area contributed by atoms with Crippen LogP contribution in [0.1, 0.15) is 40.7 Å². The molecular weight excluding hydrogens is 324 g/mol. The van der Waals surface area contributed by atoms with E-state index >= 15 is 0 Å². The van der Waals surface area contributed by atoms with Crippen LogP contribution in [0.25, 0.3) is 16.7 Å². The summed E-state index contributed by atoms with van der Waals surface area (Å²) in [5.74, 6) is 2.85. The third-order valence-corrected chi connectivity index (χ3v) is 6.39. The normalized spacial score (nSPS) is 17.3. The van der Waals surface area contributed by atoms with Crippen LogP contribution in [0.2, 0.25) is 0 Å². The quantitative estimate of drug-likeness (QED) is 0.433. The van der Waals surface area contributed by atoms with Crippen molar-refractivity contribution in [3.05, 3.63) is 112 Å². The van der Waals surface area contributed by atoms with E-state index in [0.29, 0.717) is 0 Å². The molecule has 0 heterocycles. The van der Waals surface area contributed by atoms with E-state index in [4.69, 9.17) is 6.42 Å². The van der Waals surface area contributed by atoms with Gasteiger partial charge in [0, 0.05) is 5.56 Å². The minimum Gasteiger partial charge on any atom is -0.115 e. The van der Waals surface area contributed by atoms with Gasteiger partial charge in [-0.15, -0.1) is 6.42 Å². The highest BCUT2D eigenvalue weighted by Gasteiger charge is 2.53. The van der Waals surface area contributed by atoms with E-state index in [1.54, 1.807) is 0 Å². The first-order chi connectivity index (χ1) is 13.4. The van der Waals surface area contributed by atoms with Gasteiger partial charge in [-0.2, -0.15) is 0 Å². The Morgan fingerprint density at radius 2 is 1.37 bits per heavy atom. The minimum absolute atomic E-state index is 0.234. The summed E-state index contributed by atoms with van der Waals surface area (Å²) in [6.45, 7) is 0. The predicted molar refractivity (Wildman–Crippen MR) is 111 cm³/mol. The van der Waals surface area contributed by atoms with Gasteiger partial charge >= 0.3 is 0 Å². The molecule has 0 atom stereocenters. The summed E-state index contributed by atoms with van der Waals surface area (Å²) in [5.41, 5.74) is 11.7. The van der Waals surface area contributed by atoms with Crippen LogP contribution >= 0.6 is 0 Å². The zero-order valence-corrected chi connectivity index (χ0v) is 15.0. The fraction of sp³-hybridized carbons (Fsp3) is 0.111. The minimum atomic E-state index is -0.234. The van der Waals surface area contributed by atoms with Crippen molar-refractivity contribution in [2.24, 2.45) is 0 Å². The number of hydrogen-bond donors (Lipinski definition) is 0. The summed E-state index contributed by atoms with van der Waals surface area (Å²) in [6.07, 6.45) is 12.9. The molecule has 3 aromatic carbocycles. The monoisotopic (exact) mass is 342 g/mol. The Bertz CT molecular complexity index is 1180. The lowest BCUT2D eigenvalue weighted by atomic mass is 9.69. The van der Waals surface area contributed by atoms with Crippen LogP contribution in [0.5, 0.6) is 0 Å². The maximum atomic E-state index is 5.79. The first kappa shape index (κ1) is 14.8. The molecule has 27 heavy (non-hydrogen) atoms. The van der Waals surface area contributed by atoms with Gasteiger partial charge in [0.25, 0.3) is 0 Å². The van der Waals surface area contributed by atoms with Crippen molar-refractivity contribution in [2.45, 2.75) is 18.3 Å². The zero-order chi connectivity index (χ0) is 18.0. The number of fused-ring (bicyclic) bond motifs is 10. The summed E-state index contributed by atoms with van der Waals surface area (Å²) < 4.78 is 0. The number of terminal acetylenes is 1. The summed E-state index contributed by atoms with van der Waals surface area (Å²) in [6, 6.07) is 24.3. The smallest absolute Gasteiger partial charge is 0.0722 e. The molecule has 126 valence electrons. The molecule has 3 aliphatic rings. The van der Waals surface area contributed by atoms with Gasteiger partial charge in [-0.25, -0.2) is 0 Å². The molecule has 0 aromatic heterocycles. The molecule has 3 aliphatic carbocycles. The molecule has 0 aliphatic heterocycles. The van der Waals surface area contributed by atoms with Gasteiger partial charge in [-0.05, 0) is 69.5 Å². The van der Waals surface area contributed by atoms with Gasteiger partial charge in [0.05, 0.1) is 5.41 Å². The molecule has 0 heteroatoms. The molecular formula is C27H18. The third-order valence-electron chi connectivity index (χ3n) is 6.39. The van der Waals surface area contributed by atoms with Crippen molar-refractivity contribution in [1.29, 1.82) is 0 Å². The number of hydrogen-bond acceptors (Lipinski definition) is 0. The van der Waals surface area contributed by atoms with Gasteiger partial charge in [0.1, 0.15) is 0 Å². The highest BCUT2D eigenvalue weighted by Crippen LogP contribution is 2.64. The topological polar surface area (TPSA) is 0 Å². The van der Waals surface area contributed by atoms with Crippen molar-refractivity contribution in [3.8, 4) is 23.5 Å². The Kier molecular flexibility index (Phi) is 2.81. The second-order valence-corrected chi connectivity index (χ2v) is 7.56. The van der Waals surface area contributed by atoms with Crippen LogP contribution in [-0.4, -0.2) is 0 Å². The molecule has 0 saturated heterocycles. The number of rotatable bonds is 0. The Hall–Kier alpha value is -3.30. The lowest BCUT2D eigenvalue weighted by Gasteiger charge is -2.31. The molecule has 0 bridgehead atoms. The largest absolute Gasteiger partial charge is 0.115 e. The molecule has 6 rings (SSSR count). The Morgan fingerprint density at radius 3 is 2.07 bits per heavy atom. The van der Waals surface area contributed by atoms with E-state index in [0.717, 1.165) is 18.4 Å². The second kappa shape index (κ2) is 5.12. The first-order valence-corrected chi connectivity index (χ1v) is 9.58. The third kappa shape index (κ3) is 1.65. The van der Waals surface area contributed by atoms with E-state index in [1.807, 2.05) is 0 Å². The maximum Gasteiger partial charge on any atom is 0.0722 e. The average molecular weight is 342 g/mol. The molecule has 0 unspecified atom stereocenters. The fourth-order valence-electron chi connectivity index (χ4n) is 5.43.